The number of carbonyl (C=O) groups is 1. The zero-order chi connectivity index (χ0) is 23.3. The van der Waals surface area contributed by atoms with E-state index in [4.69, 9.17) is 16.3 Å². The highest BCUT2D eigenvalue weighted by molar-refractivity contribution is 14.1. The maximum atomic E-state index is 13.8. The number of halogens is 4. The standard InChI is InChI=1S/C24H16BrClFIN2O2/c1-14-6-7-18(26)11-22(14)30-24(31)17(12-29)8-15-9-19(25)23(21(28)10-15)32-13-16-4-2-3-5-20(16)27/h2-11H,13H2,1H3,(H,30,31)/b17-8+. The molecule has 0 aliphatic heterocycles. The molecule has 0 spiro atoms. The van der Waals surface area contributed by atoms with E-state index in [0.717, 1.165) is 9.13 Å². The van der Waals surface area contributed by atoms with Crippen molar-refractivity contribution in [1.82, 2.24) is 0 Å². The summed E-state index contributed by atoms with van der Waals surface area (Å²) in [5.41, 5.74) is 2.38. The molecule has 0 fully saturated rings. The third kappa shape index (κ3) is 6.09. The molecule has 0 aliphatic carbocycles. The Labute approximate surface area is 212 Å². The summed E-state index contributed by atoms with van der Waals surface area (Å²) < 4.78 is 21.0. The van der Waals surface area contributed by atoms with E-state index in [0.29, 0.717) is 32.1 Å². The predicted molar refractivity (Wildman–Crippen MR) is 136 cm³/mol. The number of benzene rings is 3. The number of nitrogens with zero attached hydrogens (tertiary/aromatic N) is 1. The van der Waals surface area contributed by atoms with E-state index in [1.807, 2.05) is 13.0 Å². The molecule has 0 atom stereocenters. The molecular formula is C24H16BrClFIN2O2. The summed E-state index contributed by atoms with van der Waals surface area (Å²) in [6.07, 6.45) is 1.49. The average molecular weight is 626 g/mol. The fourth-order valence-corrected chi connectivity index (χ4v) is 4.74. The molecule has 32 heavy (non-hydrogen) atoms. The summed E-state index contributed by atoms with van der Waals surface area (Å²) in [6, 6.07) is 17.0. The van der Waals surface area contributed by atoms with Gasteiger partial charge in [-0.3, -0.25) is 4.79 Å². The zero-order valence-corrected chi connectivity index (χ0v) is 21.3. The molecule has 162 valence electrons. The summed E-state index contributed by atoms with van der Waals surface area (Å²) in [7, 11) is 0. The van der Waals surface area contributed by atoms with Crippen molar-refractivity contribution in [2.24, 2.45) is 0 Å². The Balaban J connectivity index is 1.80. The van der Waals surface area contributed by atoms with Gasteiger partial charge in [0.15, 0.2) is 0 Å². The summed E-state index contributed by atoms with van der Waals surface area (Å²) in [6.45, 7) is 1.91. The fourth-order valence-electron chi connectivity index (χ4n) is 2.80. The summed E-state index contributed by atoms with van der Waals surface area (Å²) >= 11 is 11.5. The number of hydrogen-bond donors (Lipinski definition) is 1. The van der Waals surface area contributed by atoms with Crippen molar-refractivity contribution in [2.45, 2.75) is 13.5 Å². The van der Waals surface area contributed by atoms with E-state index < -0.39 is 5.91 Å². The number of ether oxygens (including phenoxy) is 1. The van der Waals surface area contributed by atoms with Crippen molar-refractivity contribution in [3.8, 4) is 11.8 Å². The molecule has 0 aromatic heterocycles. The highest BCUT2D eigenvalue weighted by atomic mass is 127. The van der Waals surface area contributed by atoms with Gasteiger partial charge in [0.1, 0.15) is 29.8 Å². The molecule has 1 amide bonds. The Morgan fingerprint density at radius 3 is 2.72 bits per heavy atom. The first kappa shape index (κ1) is 24.2. The van der Waals surface area contributed by atoms with Gasteiger partial charge in [0.05, 0.1) is 8.04 Å². The first-order valence-corrected chi connectivity index (χ1v) is 11.6. The van der Waals surface area contributed by atoms with Crippen LogP contribution >= 0.6 is 50.1 Å². The van der Waals surface area contributed by atoms with Crippen molar-refractivity contribution in [3.63, 3.8) is 0 Å². The molecule has 0 saturated heterocycles. The maximum Gasteiger partial charge on any atom is 0.266 e. The van der Waals surface area contributed by atoms with Crippen molar-refractivity contribution in [3.05, 3.63) is 95.7 Å². The Morgan fingerprint density at radius 2 is 2.03 bits per heavy atom. The van der Waals surface area contributed by atoms with Crippen LogP contribution in [0.1, 0.15) is 16.7 Å². The lowest BCUT2D eigenvalue weighted by molar-refractivity contribution is -0.112. The van der Waals surface area contributed by atoms with Crippen LogP contribution in [-0.4, -0.2) is 5.91 Å². The molecule has 0 bridgehead atoms. The van der Waals surface area contributed by atoms with Crippen molar-refractivity contribution in [1.29, 1.82) is 5.26 Å². The predicted octanol–water partition coefficient (Wildman–Crippen LogP) is 7.28. The first-order chi connectivity index (χ1) is 15.3. The van der Waals surface area contributed by atoms with Crippen molar-refractivity contribution >= 4 is 67.8 Å². The minimum atomic E-state index is -0.538. The smallest absolute Gasteiger partial charge is 0.266 e. The normalized spacial score (nSPS) is 11.1. The number of hydrogen-bond acceptors (Lipinski definition) is 3. The van der Waals surface area contributed by atoms with Crippen LogP contribution in [0.4, 0.5) is 10.1 Å². The Bertz CT molecular complexity index is 1230. The number of anilines is 1. The number of nitrogens with one attached hydrogen (secondary N) is 1. The van der Waals surface area contributed by atoms with Gasteiger partial charge in [-0.2, -0.15) is 5.26 Å². The van der Waals surface area contributed by atoms with Gasteiger partial charge >= 0.3 is 0 Å². The largest absolute Gasteiger partial charge is 0.486 e. The zero-order valence-electron chi connectivity index (χ0n) is 16.8. The van der Waals surface area contributed by atoms with Crippen LogP contribution < -0.4 is 10.1 Å². The van der Waals surface area contributed by atoms with Crippen LogP contribution in [-0.2, 0) is 11.4 Å². The van der Waals surface area contributed by atoms with E-state index in [9.17, 15) is 14.4 Å². The number of amides is 1. The summed E-state index contributed by atoms with van der Waals surface area (Å²) in [5, 5.41) is 12.7. The third-order valence-electron chi connectivity index (χ3n) is 4.47. The fraction of sp³-hybridized carbons (Fsp3) is 0.0833. The summed E-state index contributed by atoms with van der Waals surface area (Å²) in [4.78, 5) is 12.6. The van der Waals surface area contributed by atoms with Gasteiger partial charge in [-0.05, 0) is 93.0 Å². The highest BCUT2D eigenvalue weighted by Gasteiger charge is 2.14. The van der Waals surface area contributed by atoms with Crippen LogP contribution in [0.3, 0.4) is 0 Å². The molecule has 3 rings (SSSR count). The number of rotatable bonds is 6. The SMILES string of the molecule is Cc1ccc(Cl)cc1NC(=O)/C(C#N)=C/c1cc(Br)c(OCc2ccccc2F)c(I)c1. The van der Waals surface area contributed by atoms with Crippen LogP contribution in [0.15, 0.2) is 64.6 Å². The maximum absolute atomic E-state index is 13.8. The molecule has 0 heterocycles. The van der Waals surface area contributed by atoms with E-state index in [1.54, 1.807) is 48.5 Å². The lowest BCUT2D eigenvalue weighted by atomic mass is 10.1. The lowest BCUT2D eigenvalue weighted by Gasteiger charge is -2.12. The Kier molecular flexibility index (Phi) is 8.29. The monoisotopic (exact) mass is 624 g/mol. The molecule has 0 unspecified atom stereocenters. The average Bonchev–Trinajstić information content (AvgIpc) is 2.75. The Hall–Kier alpha value is -2.41. The quantitative estimate of drug-likeness (QED) is 0.178. The van der Waals surface area contributed by atoms with Crippen LogP contribution in [0.5, 0.6) is 5.75 Å². The molecule has 1 N–H and O–H groups in total. The van der Waals surface area contributed by atoms with E-state index >= 15 is 0 Å². The topological polar surface area (TPSA) is 62.1 Å². The Morgan fingerprint density at radius 1 is 1.28 bits per heavy atom. The van der Waals surface area contributed by atoms with Crippen LogP contribution in [0, 0.1) is 27.6 Å². The van der Waals surface area contributed by atoms with Gasteiger partial charge in [-0.25, -0.2) is 4.39 Å². The van der Waals surface area contributed by atoms with E-state index in [-0.39, 0.29) is 18.0 Å². The molecule has 8 heteroatoms. The van der Waals surface area contributed by atoms with E-state index in [1.165, 1.54) is 12.1 Å². The third-order valence-corrected chi connectivity index (χ3v) is 6.10. The molecular weight excluding hydrogens is 610 g/mol. The molecule has 3 aromatic rings. The van der Waals surface area contributed by atoms with Crippen LogP contribution in [0.25, 0.3) is 6.08 Å². The van der Waals surface area contributed by atoms with Gasteiger partial charge in [-0.15, -0.1) is 0 Å². The lowest BCUT2D eigenvalue weighted by Crippen LogP contribution is -2.14. The molecule has 0 aliphatic rings. The molecule has 3 aromatic carbocycles. The second kappa shape index (κ2) is 10.9. The molecule has 0 radical (unpaired) electrons. The van der Waals surface area contributed by atoms with Gasteiger partial charge in [0.25, 0.3) is 5.91 Å². The number of carbonyl (C=O) groups excluding carboxylic acids is 1. The number of aryl methyl sites for hydroxylation is 1. The second-order valence-electron chi connectivity index (χ2n) is 6.78. The second-order valence-corrected chi connectivity index (χ2v) is 9.23. The van der Waals surface area contributed by atoms with Crippen molar-refractivity contribution < 1.29 is 13.9 Å². The van der Waals surface area contributed by atoms with Crippen LogP contribution in [0.2, 0.25) is 5.02 Å². The van der Waals surface area contributed by atoms with Gasteiger partial charge in [0, 0.05) is 16.3 Å². The van der Waals surface area contributed by atoms with Gasteiger partial charge in [0.2, 0.25) is 0 Å². The minimum absolute atomic E-state index is 0.0629. The highest BCUT2D eigenvalue weighted by Crippen LogP contribution is 2.33. The molecule has 4 nitrogen and oxygen atoms in total. The summed E-state index contributed by atoms with van der Waals surface area (Å²) in [5.74, 6) is -0.329. The van der Waals surface area contributed by atoms with Gasteiger partial charge < -0.3 is 10.1 Å². The number of nitriles is 1. The van der Waals surface area contributed by atoms with Crippen molar-refractivity contribution in [2.75, 3.05) is 5.32 Å². The minimum Gasteiger partial charge on any atom is -0.486 e. The molecule has 0 saturated carbocycles. The van der Waals surface area contributed by atoms with E-state index in [2.05, 4.69) is 43.8 Å². The van der Waals surface area contributed by atoms with Gasteiger partial charge in [-0.1, -0.05) is 35.9 Å². The first-order valence-electron chi connectivity index (χ1n) is 9.33.